The van der Waals surface area contributed by atoms with Crippen molar-refractivity contribution in [2.24, 2.45) is 0 Å². The lowest BCUT2D eigenvalue weighted by molar-refractivity contribution is 0.371. The van der Waals surface area contributed by atoms with Gasteiger partial charge in [-0.05, 0) is 33.4 Å². The summed E-state index contributed by atoms with van der Waals surface area (Å²) in [5, 5.41) is 3.18. The maximum absolute atomic E-state index is 4.55. The predicted molar refractivity (Wildman–Crippen MR) is 79.9 cm³/mol. The van der Waals surface area contributed by atoms with Gasteiger partial charge >= 0.3 is 0 Å². The van der Waals surface area contributed by atoms with E-state index in [0.717, 1.165) is 31.1 Å². The van der Waals surface area contributed by atoms with E-state index in [1.54, 1.807) is 6.33 Å². The Morgan fingerprint density at radius 1 is 1.42 bits per heavy atom. The van der Waals surface area contributed by atoms with Gasteiger partial charge in [-0.1, -0.05) is 6.92 Å². The maximum Gasteiger partial charge on any atom is 0.137 e. The molecule has 1 unspecified atom stereocenters. The molecule has 0 spiro atoms. The van der Waals surface area contributed by atoms with Gasteiger partial charge in [0.1, 0.15) is 18.0 Å². The molecule has 1 aromatic heterocycles. The molecule has 1 fully saturated rings. The van der Waals surface area contributed by atoms with E-state index in [4.69, 9.17) is 0 Å². The molecule has 1 saturated heterocycles. The molecule has 106 valence electrons. The summed E-state index contributed by atoms with van der Waals surface area (Å²) < 4.78 is 0. The van der Waals surface area contributed by atoms with Crippen molar-refractivity contribution in [1.82, 2.24) is 14.9 Å². The third-order valence-corrected chi connectivity index (χ3v) is 3.74. The maximum atomic E-state index is 4.55. The molecular weight excluding hydrogens is 238 g/mol. The predicted octanol–water partition coefficient (Wildman–Crippen LogP) is 1.61. The van der Waals surface area contributed by atoms with Gasteiger partial charge in [-0.2, -0.15) is 0 Å². The highest BCUT2D eigenvalue weighted by Crippen LogP contribution is 2.30. The summed E-state index contributed by atoms with van der Waals surface area (Å²) in [5.74, 6) is 2.08. The molecule has 0 aliphatic carbocycles. The number of aromatic nitrogens is 2. The highest BCUT2D eigenvalue weighted by Gasteiger charge is 2.28. The molecule has 1 aromatic rings. The topological polar surface area (TPSA) is 44.3 Å². The van der Waals surface area contributed by atoms with Crippen LogP contribution in [0.25, 0.3) is 0 Å². The first-order valence-corrected chi connectivity index (χ1v) is 7.10. The van der Waals surface area contributed by atoms with E-state index in [1.807, 2.05) is 7.05 Å². The van der Waals surface area contributed by atoms with Crippen LogP contribution in [0.2, 0.25) is 0 Å². The highest BCUT2D eigenvalue weighted by atomic mass is 15.3. The van der Waals surface area contributed by atoms with Crippen molar-refractivity contribution in [2.45, 2.75) is 32.2 Å². The number of likely N-dealkylation sites (N-methyl/N-ethyl adjacent to an activating group) is 1. The SMILES string of the molecule is CCc1c(NC)ncnc1N1CCCC1CN(C)C. The van der Waals surface area contributed by atoms with Gasteiger partial charge in [-0.25, -0.2) is 9.97 Å². The summed E-state index contributed by atoms with van der Waals surface area (Å²) in [4.78, 5) is 13.6. The summed E-state index contributed by atoms with van der Waals surface area (Å²) in [5.41, 5.74) is 1.23. The number of rotatable bonds is 5. The van der Waals surface area contributed by atoms with Crippen LogP contribution in [0, 0.1) is 0 Å². The Kier molecular flexibility index (Phi) is 4.58. The smallest absolute Gasteiger partial charge is 0.137 e. The molecular formula is C14H25N5. The highest BCUT2D eigenvalue weighted by molar-refractivity contribution is 5.59. The lowest BCUT2D eigenvalue weighted by Gasteiger charge is -2.29. The third kappa shape index (κ3) is 2.97. The molecule has 0 bridgehead atoms. The van der Waals surface area contributed by atoms with Crippen LogP contribution < -0.4 is 10.2 Å². The fourth-order valence-electron chi connectivity index (χ4n) is 2.92. The average Bonchev–Trinajstić information content (AvgIpc) is 2.84. The van der Waals surface area contributed by atoms with Gasteiger partial charge in [0.2, 0.25) is 0 Å². The van der Waals surface area contributed by atoms with Crippen LogP contribution in [-0.4, -0.2) is 55.1 Å². The Bertz CT molecular complexity index is 418. The molecule has 1 aliphatic heterocycles. The third-order valence-electron chi connectivity index (χ3n) is 3.74. The van der Waals surface area contributed by atoms with E-state index in [2.05, 4.69) is 46.1 Å². The number of hydrogen-bond donors (Lipinski definition) is 1. The van der Waals surface area contributed by atoms with Crippen molar-refractivity contribution >= 4 is 11.6 Å². The summed E-state index contributed by atoms with van der Waals surface area (Å²) in [6.45, 7) is 4.35. The zero-order valence-electron chi connectivity index (χ0n) is 12.5. The van der Waals surface area contributed by atoms with E-state index in [9.17, 15) is 0 Å². The molecule has 0 saturated carbocycles. The number of anilines is 2. The van der Waals surface area contributed by atoms with Crippen molar-refractivity contribution in [3.05, 3.63) is 11.9 Å². The molecule has 0 aromatic carbocycles. The van der Waals surface area contributed by atoms with Crippen molar-refractivity contribution in [3.63, 3.8) is 0 Å². The van der Waals surface area contributed by atoms with Gasteiger partial charge < -0.3 is 15.1 Å². The van der Waals surface area contributed by atoms with Crippen LogP contribution in [0.4, 0.5) is 11.6 Å². The molecule has 1 N–H and O–H groups in total. The molecule has 1 atom stereocenters. The Morgan fingerprint density at radius 3 is 2.84 bits per heavy atom. The summed E-state index contributed by atoms with van der Waals surface area (Å²) in [6, 6.07) is 0.569. The number of hydrogen-bond acceptors (Lipinski definition) is 5. The first kappa shape index (κ1) is 14.1. The van der Waals surface area contributed by atoms with Crippen LogP contribution in [0.15, 0.2) is 6.33 Å². The molecule has 0 radical (unpaired) electrons. The van der Waals surface area contributed by atoms with Gasteiger partial charge in [0, 0.05) is 31.7 Å². The summed E-state index contributed by atoms with van der Waals surface area (Å²) in [6.07, 6.45) is 5.13. The number of nitrogens with zero attached hydrogens (tertiary/aromatic N) is 4. The zero-order valence-corrected chi connectivity index (χ0v) is 12.5. The van der Waals surface area contributed by atoms with Gasteiger partial charge in [0.05, 0.1) is 0 Å². The molecule has 5 nitrogen and oxygen atoms in total. The standard InChI is InChI=1S/C14H25N5/c1-5-12-13(15-2)16-10-17-14(12)19-8-6-7-11(19)9-18(3)4/h10-11H,5-9H2,1-4H3,(H,15,16,17). The Hall–Kier alpha value is -1.36. The van der Waals surface area contributed by atoms with E-state index < -0.39 is 0 Å². The normalized spacial score (nSPS) is 19.2. The average molecular weight is 263 g/mol. The zero-order chi connectivity index (χ0) is 13.8. The fourth-order valence-corrected chi connectivity index (χ4v) is 2.92. The molecule has 1 aliphatic rings. The largest absolute Gasteiger partial charge is 0.373 e. The minimum Gasteiger partial charge on any atom is -0.373 e. The summed E-state index contributed by atoms with van der Waals surface area (Å²) >= 11 is 0. The van der Waals surface area contributed by atoms with E-state index in [0.29, 0.717) is 6.04 Å². The van der Waals surface area contributed by atoms with Gasteiger partial charge in [-0.3, -0.25) is 0 Å². The second-order valence-corrected chi connectivity index (χ2v) is 5.38. The first-order valence-electron chi connectivity index (χ1n) is 7.10. The van der Waals surface area contributed by atoms with Crippen molar-refractivity contribution in [1.29, 1.82) is 0 Å². The molecule has 0 amide bonds. The Balaban J connectivity index is 2.29. The van der Waals surface area contributed by atoms with Gasteiger partial charge in [0.15, 0.2) is 0 Å². The second-order valence-electron chi connectivity index (χ2n) is 5.38. The van der Waals surface area contributed by atoms with Crippen LogP contribution in [0.5, 0.6) is 0 Å². The van der Waals surface area contributed by atoms with Crippen LogP contribution in [0.1, 0.15) is 25.3 Å². The van der Waals surface area contributed by atoms with E-state index in [-0.39, 0.29) is 0 Å². The van der Waals surface area contributed by atoms with Crippen molar-refractivity contribution < 1.29 is 0 Å². The molecule has 5 heteroatoms. The van der Waals surface area contributed by atoms with Crippen LogP contribution in [0.3, 0.4) is 0 Å². The van der Waals surface area contributed by atoms with E-state index >= 15 is 0 Å². The van der Waals surface area contributed by atoms with Crippen LogP contribution >= 0.6 is 0 Å². The monoisotopic (exact) mass is 263 g/mol. The van der Waals surface area contributed by atoms with Crippen molar-refractivity contribution in [3.8, 4) is 0 Å². The minimum atomic E-state index is 0.569. The lowest BCUT2D eigenvalue weighted by atomic mass is 10.1. The second kappa shape index (κ2) is 6.19. The fraction of sp³-hybridized carbons (Fsp3) is 0.714. The van der Waals surface area contributed by atoms with Gasteiger partial charge in [0.25, 0.3) is 0 Å². The van der Waals surface area contributed by atoms with Crippen LogP contribution in [-0.2, 0) is 6.42 Å². The van der Waals surface area contributed by atoms with Gasteiger partial charge in [-0.15, -0.1) is 0 Å². The first-order chi connectivity index (χ1) is 9.17. The quantitative estimate of drug-likeness (QED) is 0.874. The molecule has 2 rings (SSSR count). The Morgan fingerprint density at radius 2 is 2.21 bits per heavy atom. The number of nitrogens with one attached hydrogen (secondary N) is 1. The molecule has 19 heavy (non-hydrogen) atoms. The van der Waals surface area contributed by atoms with Crippen molar-refractivity contribution in [2.75, 3.05) is 44.4 Å². The minimum absolute atomic E-state index is 0.569. The van der Waals surface area contributed by atoms with E-state index in [1.165, 1.54) is 18.4 Å². The Labute approximate surface area is 116 Å². The molecule has 2 heterocycles. The summed E-state index contributed by atoms with van der Waals surface area (Å²) in [7, 11) is 6.19. The lowest BCUT2D eigenvalue weighted by Crippen LogP contribution is -2.38.